The van der Waals surface area contributed by atoms with Gasteiger partial charge in [-0.05, 0) is 45.2 Å². The van der Waals surface area contributed by atoms with Crippen molar-refractivity contribution in [1.29, 1.82) is 0 Å². The van der Waals surface area contributed by atoms with Crippen molar-refractivity contribution in [2.24, 2.45) is 22.9 Å². The van der Waals surface area contributed by atoms with E-state index in [-0.39, 0.29) is 0 Å². The molecule has 0 aliphatic rings. The molecule has 0 aliphatic heterocycles. The molecule has 5 heteroatoms. The molecule has 0 aromatic carbocycles. The topological polar surface area (TPSA) is 116 Å². The highest BCUT2D eigenvalue weighted by atomic mass is 14.8. The van der Waals surface area contributed by atoms with Gasteiger partial charge in [-0.1, -0.05) is 6.08 Å². The van der Waals surface area contributed by atoms with Gasteiger partial charge >= 0.3 is 0 Å². The van der Waals surface area contributed by atoms with Crippen LogP contribution in [0.3, 0.4) is 0 Å². The largest absolute Gasteiger partial charge is 0.405 e. The summed E-state index contributed by atoms with van der Waals surface area (Å²) >= 11 is 0. The van der Waals surface area contributed by atoms with Crippen molar-refractivity contribution in [3.8, 4) is 0 Å². The van der Waals surface area contributed by atoms with E-state index >= 15 is 0 Å². The molecular weight excluding hydrogens is 178 g/mol. The molecule has 0 aromatic heterocycles. The number of nitrogens with two attached hydrogens (primary N) is 4. The molecule has 14 heavy (non-hydrogen) atoms. The standard InChI is InChI=1S/C6H17N3.C3H8N2/c7-3-1-5-9-6-2-4-8;4-2-1-3-5/h9H,1-8H2;1-2H,3-5H2. The lowest BCUT2D eigenvalue weighted by Crippen LogP contribution is -2.21. The summed E-state index contributed by atoms with van der Waals surface area (Å²) < 4.78 is 0. The van der Waals surface area contributed by atoms with Crippen LogP contribution in [0.15, 0.2) is 12.3 Å². The first-order chi connectivity index (χ1) is 6.83. The summed E-state index contributed by atoms with van der Waals surface area (Å²) in [4.78, 5) is 0. The number of nitrogens with one attached hydrogen (secondary N) is 1. The fraction of sp³-hybridized carbons (Fsp3) is 0.778. The lowest BCUT2D eigenvalue weighted by molar-refractivity contribution is 0.631. The van der Waals surface area contributed by atoms with E-state index in [0.717, 1.165) is 39.0 Å². The average molecular weight is 203 g/mol. The molecule has 9 N–H and O–H groups in total. The van der Waals surface area contributed by atoms with Crippen LogP contribution in [0.2, 0.25) is 0 Å². The Bertz CT molecular complexity index is 99.4. The quantitative estimate of drug-likeness (QED) is 0.329. The third kappa shape index (κ3) is 22.5. The first-order valence-electron chi connectivity index (χ1n) is 5.01. The predicted octanol–water partition coefficient (Wildman–Crippen LogP) is -1.31. The molecule has 0 rings (SSSR count). The highest BCUT2D eigenvalue weighted by Gasteiger charge is 1.83. The van der Waals surface area contributed by atoms with Crippen LogP contribution in [0, 0.1) is 0 Å². The summed E-state index contributed by atoms with van der Waals surface area (Å²) in [6.07, 6.45) is 5.23. The summed E-state index contributed by atoms with van der Waals surface area (Å²) in [5.74, 6) is 0. The van der Waals surface area contributed by atoms with Gasteiger partial charge in [0.05, 0.1) is 0 Å². The highest BCUT2D eigenvalue weighted by molar-refractivity contribution is 4.75. The first kappa shape index (κ1) is 15.8. The SMILES string of the molecule is NC=CCN.NCCCNCCCN. The molecule has 0 spiro atoms. The van der Waals surface area contributed by atoms with Crippen molar-refractivity contribution < 1.29 is 0 Å². The van der Waals surface area contributed by atoms with Crippen molar-refractivity contribution in [3.05, 3.63) is 12.3 Å². The molecule has 0 radical (unpaired) electrons. The van der Waals surface area contributed by atoms with Gasteiger partial charge in [0.1, 0.15) is 0 Å². The molecule has 86 valence electrons. The van der Waals surface area contributed by atoms with Gasteiger partial charge in [0.25, 0.3) is 0 Å². The number of hydrogen-bond acceptors (Lipinski definition) is 5. The minimum atomic E-state index is 0.538. The van der Waals surface area contributed by atoms with Crippen molar-refractivity contribution in [2.45, 2.75) is 12.8 Å². The van der Waals surface area contributed by atoms with Crippen LogP contribution < -0.4 is 28.3 Å². The first-order valence-corrected chi connectivity index (χ1v) is 5.01. The van der Waals surface area contributed by atoms with E-state index in [4.69, 9.17) is 22.9 Å². The van der Waals surface area contributed by atoms with Crippen molar-refractivity contribution >= 4 is 0 Å². The molecular formula is C9H25N5. The Balaban J connectivity index is 0. The monoisotopic (exact) mass is 203 g/mol. The van der Waals surface area contributed by atoms with Crippen LogP contribution in [0.5, 0.6) is 0 Å². The molecule has 0 bridgehead atoms. The normalized spacial score (nSPS) is 9.93. The fourth-order valence-corrected chi connectivity index (χ4v) is 0.658. The van der Waals surface area contributed by atoms with Gasteiger partial charge in [-0.15, -0.1) is 0 Å². The van der Waals surface area contributed by atoms with Crippen LogP contribution in [-0.2, 0) is 0 Å². The Morgan fingerprint density at radius 1 is 0.929 bits per heavy atom. The van der Waals surface area contributed by atoms with E-state index in [0.29, 0.717) is 6.54 Å². The minimum Gasteiger partial charge on any atom is -0.405 e. The fourth-order valence-electron chi connectivity index (χ4n) is 0.658. The van der Waals surface area contributed by atoms with Gasteiger partial charge < -0.3 is 28.3 Å². The molecule has 0 saturated heterocycles. The van der Waals surface area contributed by atoms with Crippen molar-refractivity contribution in [1.82, 2.24) is 5.32 Å². The maximum absolute atomic E-state index is 5.28. The molecule has 0 aliphatic carbocycles. The Kier molecular flexibility index (Phi) is 20.6. The summed E-state index contributed by atoms with van der Waals surface area (Å²) in [5, 5.41) is 3.23. The van der Waals surface area contributed by atoms with Gasteiger partial charge in [0, 0.05) is 6.54 Å². The zero-order chi connectivity index (χ0) is 11.1. The van der Waals surface area contributed by atoms with Gasteiger partial charge in [0.2, 0.25) is 0 Å². The van der Waals surface area contributed by atoms with Crippen LogP contribution >= 0.6 is 0 Å². The summed E-state index contributed by atoms with van der Waals surface area (Å²) in [6, 6.07) is 0. The molecule has 0 atom stereocenters. The van der Waals surface area contributed by atoms with Gasteiger partial charge in [-0.2, -0.15) is 0 Å². The summed E-state index contributed by atoms with van der Waals surface area (Å²) in [6.45, 7) is 4.13. The predicted molar refractivity (Wildman–Crippen MR) is 62.6 cm³/mol. The maximum Gasteiger partial charge on any atom is 0.0123 e. The van der Waals surface area contributed by atoms with Crippen LogP contribution in [0.25, 0.3) is 0 Å². The Morgan fingerprint density at radius 3 is 1.64 bits per heavy atom. The average Bonchev–Trinajstić information content (AvgIpc) is 2.20. The third-order valence-corrected chi connectivity index (χ3v) is 1.39. The smallest absolute Gasteiger partial charge is 0.0123 e. The Morgan fingerprint density at radius 2 is 1.43 bits per heavy atom. The molecule has 0 heterocycles. The highest BCUT2D eigenvalue weighted by Crippen LogP contribution is 1.72. The van der Waals surface area contributed by atoms with Crippen LogP contribution in [0.1, 0.15) is 12.8 Å². The molecule has 0 aromatic rings. The van der Waals surface area contributed by atoms with Gasteiger partial charge in [0.15, 0.2) is 0 Å². The summed E-state index contributed by atoms with van der Waals surface area (Å²) in [7, 11) is 0. The lowest BCUT2D eigenvalue weighted by Gasteiger charge is -2.00. The molecule has 0 saturated carbocycles. The van der Waals surface area contributed by atoms with Crippen LogP contribution in [-0.4, -0.2) is 32.7 Å². The molecule has 0 amide bonds. The third-order valence-electron chi connectivity index (χ3n) is 1.39. The van der Waals surface area contributed by atoms with Crippen LogP contribution in [0.4, 0.5) is 0 Å². The second kappa shape index (κ2) is 18.2. The van der Waals surface area contributed by atoms with Gasteiger partial charge in [-0.3, -0.25) is 0 Å². The van der Waals surface area contributed by atoms with E-state index in [1.54, 1.807) is 6.08 Å². The number of rotatable bonds is 7. The Labute approximate surface area is 86.9 Å². The van der Waals surface area contributed by atoms with E-state index in [2.05, 4.69) is 5.32 Å². The van der Waals surface area contributed by atoms with Gasteiger partial charge in [-0.25, -0.2) is 0 Å². The second-order valence-corrected chi connectivity index (χ2v) is 2.70. The second-order valence-electron chi connectivity index (χ2n) is 2.70. The lowest BCUT2D eigenvalue weighted by atomic mass is 10.4. The summed E-state index contributed by atoms with van der Waals surface area (Å²) in [5.41, 5.74) is 20.4. The molecule has 0 unspecified atom stereocenters. The van der Waals surface area contributed by atoms with E-state index < -0.39 is 0 Å². The maximum atomic E-state index is 5.28. The zero-order valence-electron chi connectivity index (χ0n) is 8.91. The van der Waals surface area contributed by atoms with E-state index in [1.165, 1.54) is 6.20 Å². The Hall–Kier alpha value is -0.620. The van der Waals surface area contributed by atoms with Crippen molar-refractivity contribution in [3.63, 3.8) is 0 Å². The number of hydrogen-bond donors (Lipinski definition) is 5. The minimum absolute atomic E-state index is 0.538. The van der Waals surface area contributed by atoms with E-state index in [1.807, 2.05) is 0 Å². The van der Waals surface area contributed by atoms with E-state index in [9.17, 15) is 0 Å². The van der Waals surface area contributed by atoms with Crippen molar-refractivity contribution in [2.75, 3.05) is 32.7 Å². The molecule has 5 nitrogen and oxygen atoms in total. The zero-order valence-corrected chi connectivity index (χ0v) is 8.91. The molecule has 0 fully saturated rings.